The lowest BCUT2D eigenvalue weighted by Gasteiger charge is -2.03. The van der Waals surface area contributed by atoms with E-state index >= 15 is 0 Å². The number of nitro benzene ring substituents is 1. The number of carbonyl (C=O) groups is 1. The highest BCUT2D eigenvalue weighted by molar-refractivity contribution is 7.98. The Hall–Kier alpha value is -2.48. The third kappa shape index (κ3) is 3.29. The number of rotatable bonds is 5. The second kappa shape index (κ2) is 6.11. The highest BCUT2D eigenvalue weighted by atomic mass is 32.2. The molecule has 0 saturated carbocycles. The summed E-state index contributed by atoms with van der Waals surface area (Å²) >= 11 is 1.25. The van der Waals surface area contributed by atoms with Crippen molar-refractivity contribution < 1.29 is 14.8 Å². The molecule has 0 radical (unpaired) electrons. The van der Waals surface area contributed by atoms with Crippen molar-refractivity contribution in [1.29, 1.82) is 0 Å². The van der Waals surface area contributed by atoms with Crippen LogP contribution in [0, 0.1) is 10.1 Å². The van der Waals surface area contributed by atoms with Crippen LogP contribution in [-0.4, -0.2) is 26.0 Å². The van der Waals surface area contributed by atoms with Crippen molar-refractivity contribution in [3.8, 4) is 0 Å². The van der Waals surface area contributed by atoms with Crippen molar-refractivity contribution in [3.63, 3.8) is 0 Å². The summed E-state index contributed by atoms with van der Waals surface area (Å²) in [5.41, 5.74) is 0.104. The van der Waals surface area contributed by atoms with Crippen molar-refractivity contribution in [3.05, 3.63) is 57.9 Å². The molecule has 0 aliphatic rings. The molecular weight excluding hydrogens is 282 g/mol. The minimum absolute atomic E-state index is 0.110. The molecule has 102 valence electrons. The van der Waals surface area contributed by atoms with E-state index in [0.29, 0.717) is 16.5 Å². The number of thioether (sulfide) groups is 1. The van der Waals surface area contributed by atoms with Gasteiger partial charge in [-0.25, -0.2) is 14.8 Å². The van der Waals surface area contributed by atoms with Gasteiger partial charge in [-0.15, -0.1) is 0 Å². The van der Waals surface area contributed by atoms with Crippen LogP contribution in [0.1, 0.15) is 15.9 Å². The van der Waals surface area contributed by atoms with E-state index in [1.807, 2.05) is 0 Å². The molecule has 0 bridgehead atoms. The Morgan fingerprint density at radius 1 is 1.35 bits per heavy atom. The van der Waals surface area contributed by atoms with E-state index in [4.69, 9.17) is 5.11 Å². The number of aromatic nitrogens is 2. The Morgan fingerprint density at radius 2 is 2.05 bits per heavy atom. The second-order valence-corrected chi connectivity index (χ2v) is 4.67. The normalized spacial score (nSPS) is 10.2. The molecule has 1 N–H and O–H groups in total. The van der Waals surface area contributed by atoms with Gasteiger partial charge < -0.3 is 5.11 Å². The van der Waals surface area contributed by atoms with Gasteiger partial charge in [0.05, 0.1) is 10.5 Å². The predicted octanol–water partition coefficient (Wildman–Crippen LogP) is 2.38. The van der Waals surface area contributed by atoms with Crippen LogP contribution >= 0.6 is 11.8 Å². The van der Waals surface area contributed by atoms with Crippen LogP contribution in [0.5, 0.6) is 0 Å². The van der Waals surface area contributed by atoms with E-state index in [9.17, 15) is 14.9 Å². The third-order valence-electron chi connectivity index (χ3n) is 2.43. The Morgan fingerprint density at radius 3 is 2.65 bits per heavy atom. The van der Waals surface area contributed by atoms with E-state index in [0.717, 1.165) is 6.07 Å². The van der Waals surface area contributed by atoms with Crippen LogP contribution in [0.4, 0.5) is 5.69 Å². The van der Waals surface area contributed by atoms with Crippen molar-refractivity contribution in [2.75, 3.05) is 0 Å². The first kappa shape index (κ1) is 13.9. The van der Waals surface area contributed by atoms with Gasteiger partial charge in [0.1, 0.15) is 0 Å². The van der Waals surface area contributed by atoms with Gasteiger partial charge in [-0.05, 0) is 12.1 Å². The molecule has 0 amide bonds. The van der Waals surface area contributed by atoms with E-state index < -0.39 is 10.9 Å². The Bertz CT molecular complexity index is 648. The van der Waals surface area contributed by atoms with Crippen LogP contribution in [0.2, 0.25) is 0 Å². The summed E-state index contributed by atoms with van der Waals surface area (Å²) < 4.78 is 0. The highest BCUT2D eigenvalue weighted by Gasteiger charge is 2.17. The molecule has 1 aromatic heterocycles. The van der Waals surface area contributed by atoms with Crippen LogP contribution in [-0.2, 0) is 5.75 Å². The van der Waals surface area contributed by atoms with Gasteiger partial charge in [0, 0.05) is 29.8 Å². The summed E-state index contributed by atoms with van der Waals surface area (Å²) in [5, 5.41) is 20.3. The smallest absolute Gasteiger partial charge is 0.335 e. The van der Waals surface area contributed by atoms with E-state index in [1.54, 1.807) is 18.5 Å². The average molecular weight is 291 g/mol. The number of nitro groups is 1. The molecular formula is C12H9N3O4S. The van der Waals surface area contributed by atoms with Gasteiger partial charge >= 0.3 is 5.97 Å². The van der Waals surface area contributed by atoms with E-state index in [2.05, 4.69) is 9.97 Å². The van der Waals surface area contributed by atoms with Gasteiger partial charge in [-0.3, -0.25) is 10.1 Å². The fourth-order valence-electron chi connectivity index (χ4n) is 1.49. The molecule has 0 unspecified atom stereocenters. The van der Waals surface area contributed by atoms with Gasteiger partial charge in [-0.2, -0.15) is 0 Å². The fraction of sp³-hybridized carbons (Fsp3) is 0.0833. The van der Waals surface area contributed by atoms with Crippen molar-refractivity contribution in [2.24, 2.45) is 0 Å². The van der Waals surface area contributed by atoms with Gasteiger partial charge in [0.2, 0.25) is 0 Å². The largest absolute Gasteiger partial charge is 0.478 e. The van der Waals surface area contributed by atoms with E-state index in [-0.39, 0.29) is 11.3 Å². The number of aromatic carboxylic acids is 1. The first-order valence-corrected chi connectivity index (χ1v) is 6.47. The molecule has 8 heteroatoms. The number of nitrogens with zero attached hydrogens (tertiary/aromatic N) is 3. The second-order valence-electron chi connectivity index (χ2n) is 3.73. The average Bonchev–Trinajstić information content (AvgIpc) is 2.45. The Kier molecular flexibility index (Phi) is 4.26. The molecule has 0 fully saturated rings. The fourth-order valence-corrected chi connectivity index (χ4v) is 2.29. The monoisotopic (exact) mass is 291 g/mol. The number of benzene rings is 1. The quantitative estimate of drug-likeness (QED) is 0.390. The van der Waals surface area contributed by atoms with Crippen molar-refractivity contribution in [1.82, 2.24) is 9.97 Å². The summed E-state index contributed by atoms with van der Waals surface area (Å²) in [6.07, 6.45) is 3.16. The summed E-state index contributed by atoms with van der Waals surface area (Å²) in [6, 6.07) is 5.52. The molecule has 2 rings (SSSR count). The molecule has 0 spiro atoms. The molecule has 20 heavy (non-hydrogen) atoms. The summed E-state index contributed by atoms with van der Waals surface area (Å²) in [4.78, 5) is 29.2. The lowest BCUT2D eigenvalue weighted by Crippen LogP contribution is -2.01. The number of carboxylic acids is 1. The molecule has 1 heterocycles. The topological polar surface area (TPSA) is 106 Å². The Labute approximate surface area is 117 Å². The van der Waals surface area contributed by atoms with Crippen molar-refractivity contribution in [2.45, 2.75) is 10.9 Å². The van der Waals surface area contributed by atoms with Crippen LogP contribution < -0.4 is 0 Å². The van der Waals surface area contributed by atoms with Crippen LogP contribution in [0.3, 0.4) is 0 Å². The molecule has 2 aromatic rings. The van der Waals surface area contributed by atoms with Crippen LogP contribution in [0.25, 0.3) is 0 Å². The zero-order valence-electron chi connectivity index (χ0n) is 10.1. The van der Waals surface area contributed by atoms with E-state index in [1.165, 1.54) is 23.9 Å². The third-order valence-corrected chi connectivity index (χ3v) is 3.35. The summed E-state index contributed by atoms with van der Waals surface area (Å²) in [6.45, 7) is 0. The Balaban J connectivity index is 2.23. The molecule has 1 aromatic carbocycles. The lowest BCUT2D eigenvalue weighted by atomic mass is 10.1. The van der Waals surface area contributed by atoms with Gasteiger partial charge in [0.25, 0.3) is 5.69 Å². The maximum Gasteiger partial charge on any atom is 0.335 e. The maximum atomic E-state index is 11.0. The molecule has 0 aliphatic carbocycles. The summed E-state index contributed by atoms with van der Waals surface area (Å²) in [5.74, 6) is -0.904. The molecule has 0 aliphatic heterocycles. The first-order chi connectivity index (χ1) is 9.58. The lowest BCUT2D eigenvalue weighted by molar-refractivity contribution is -0.385. The summed E-state index contributed by atoms with van der Waals surface area (Å²) in [7, 11) is 0. The minimum Gasteiger partial charge on any atom is -0.478 e. The van der Waals surface area contributed by atoms with Gasteiger partial charge in [0.15, 0.2) is 5.16 Å². The molecule has 7 nitrogen and oxygen atoms in total. The predicted molar refractivity (Wildman–Crippen MR) is 71.6 cm³/mol. The molecule has 0 saturated heterocycles. The zero-order valence-corrected chi connectivity index (χ0v) is 10.9. The van der Waals surface area contributed by atoms with Gasteiger partial charge in [-0.1, -0.05) is 17.8 Å². The zero-order chi connectivity index (χ0) is 14.5. The number of carboxylic acid groups (broad SMARTS) is 1. The molecule has 0 atom stereocenters. The highest BCUT2D eigenvalue weighted by Crippen LogP contribution is 2.27. The number of hydrogen-bond donors (Lipinski definition) is 1. The van der Waals surface area contributed by atoms with Crippen LogP contribution in [0.15, 0.2) is 41.8 Å². The van der Waals surface area contributed by atoms with Crippen molar-refractivity contribution >= 4 is 23.4 Å². The first-order valence-electron chi connectivity index (χ1n) is 5.48. The standard InChI is InChI=1S/C12H9N3O4S/c16-11(17)8-2-3-9(10(6-8)15(18)19)7-20-12-13-4-1-5-14-12/h1-6H,7H2,(H,16,17). The SMILES string of the molecule is O=C(O)c1ccc(CSc2ncccn2)c([N+](=O)[O-])c1. The number of hydrogen-bond acceptors (Lipinski definition) is 6. The maximum absolute atomic E-state index is 11.0. The minimum atomic E-state index is -1.20.